The van der Waals surface area contributed by atoms with Crippen molar-refractivity contribution in [2.24, 2.45) is 23.2 Å². The number of carbonyl (C=O) groups excluding carboxylic acids is 1. The zero-order chi connectivity index (χ0) is 21.7. The van der Waals surface area contributed by atoms with E-state index in [0.717, 1.165) is 42.9 Å². The van der Waals surface area contributed by atoms with Crippen molar-refractivity contribution >= 4 is 16.9 Å². The van der Waals surface area contributed by atoms with Gasteiger partial charge in [-0.15, -0.1) is 0 Å². The van der Waals surface area contributed by atoms with Crippen molar-refractivity contribution in [1.82, 2.24) is 25.1 Å². The molecular weight excluding hydrogens is 402 g/mol. The Morgan fingerprint density at radius 2 is 1.69 bits per heavy atom. The minimum absolute atomic E-state index is 0.0895. The maximum Gasteiger partial charge on any atom is 0.317 e. The highest BCUT2D eigenvalue weighted by Gasteiger charge is 2.50. The third-order valence-electron chi connectivity index (χ3n) is 8.47. The minimum atomic E-state index is -0.0895. The van der Waals surface area contributed by atoms with E-state index in [9.17, 15) is 9.59 Å². The Hall–Kier alpha value is -2.41. The molecule has 4 aliphatic carbocycles. The van der Waals surface area contributed by atoms with Gasteiger partial charge in [0.25, 0.3) is 5.56 Å². The Balaban J connectivity index is 1.02. The maximum absolute atomic E-state index is 12.9. The summed E-state index contributed by atoms with van der Waals surface area (Å²) in [5.41, 5.74) is 1.02. The van der Waals surface area contributed by atoms with Crippen LogP contribution in [-0.4, -0.2) is 58.5 Å². The second-order valence-corrected chi connectivity index (χ2v) is 10.9. The molecule has 1 aromatic carbocycles. The molecule has 5 fully saturated rings. The highest BCUT2D eigenvalue weighted by atomic mass is 16.2. The van der Waals surface area contributed by atoms with Gasteiger partial charge in [0, 0.05) is 32.7 Å². The van der Waals surface area contributed by atoms with Crippen LogP contribution in [0.2, 0.25) is 0 Å². The summed E-state index contributed by atoms with van der Waals surface area (Å²) in [4.78, 5) is 36.9. The molecule has 7 nitrogen and oxygen atoms in total. The monoisotopic (exact) mass is 435 g/mol. The number of nitrogens with one attached hydrogen (secondary N) is 2. The number of hydrogen-bond donors (Lipinski definition) is 2. The van der Waals surface area contributed by atoms with Crippen molar-refractivity contribution in [2.75, 3.05) is 32.7 Å². The van der Waals surface area contributed by atoms with Crippen LogP contribution in [0.1, 0.15) is 44.3 Å². The van der Waals surface area contributed by atoms with Crippen LogP contribution in [0.15, 0.2) is 29.1 Å². The zero-order valence-electron chi connectivity index (χ0n) is 18.7. The molecule has 1 saturated heterocycles. The topological polar surface area (TPSA) is 81.3 Å². The van der Waals surface area contributed by atoms with Gasteiger partial charge in [-0.2, -0.15) is 0 Å². The number of fused-ring (bicyclic) bond motifs is 1. The SMILES string of the molecule is O=C(NCC12CC3CC(CC(C3)C1)C2)N1CCN(Cc2nc3ccccc3c(=O)[nH]2)CC1. The lowest BCUT2D eigenvalue weighted by Gasteiger charge is -2.57. The lowest BCUT2D eigenvalue weighted by atomic mass is 9.49. The van der Waals surface area contributed by atoms with E-state index >= 15 is 0 Å². The number of piperazine rings is 1. The number of aromatic amines is 1. The molecule has 0 spiro atoms. The van der Waals surface area contributed by atoms with E-state index in [2.05, 4.69) is 20.2 Å². The van der Waals surface area contributed by atoms with Gasteiger partial charge in [0.1, 0.15) is 5.82 Å². The summed E-state index contributed by atoms with van der Waals surface area (Å²) < 4.78 is 0. The molecule has 2 aromatic rings. The summed E-state index contributed by atoms with van der Waals surface area (Å²) in [6.45, 7) is 4.47. The average Bonchev–Trinajstić information content (AvgIpc) is 2.77. The Kier molecular flexibility index (Phi) is 4.97. The van der Waals surface area contributed by atoms with Crippen molar-refractivity contribution in [3.05, 3.63) is 40.4 Å². The number of aromatic nitrogens is 2. The van der Waals surface area contributed by atoms with Crippen molar-refractivity contribution in [2.45, 2.75) is 45.1 Å². The van der Waals surface area contributed by atoms with Gasteiger partial charge in [0.05, 0.1) is 17.4 Å². The molecule has 2 heterocycles. The van der Waals surface area contributed by atoms with Gasteiger partial charge in [0.15, 0.2) is 0 Å². The maximum atomic E-state index is 12.9. The second-order valence-electron chi connectivity index (χ2n) is 10.9. The van der Waals surface area contributed by atoms with Gasteiger partial charge in [-0.05, 0) is 73.8 Å². The highest BCUT2D eigenvalue weighted by molar-refractivity contribution is 5.77. The summed E-state index contributed by atoms with van der Waals surface area (Å²) in [5, 5.41) is 3.93. The largest absolute Gasteiger partial charge is 0.337 e. The fourth-order valence-corrected chi connectivity index (χ4v) is 7.41. The van der Waals surface area contributed by atoms with Gasteiger partial charge >= 0.3 is 6.03 Å². The summed E-state index contributed by atoms with van der Waals surface area (Å²) in [7, 11) is 0. The molecule has 0 atom stereocenters. The van der Waals surface area contributed by atoms with E-state index in [4.69, 9.17) is 0 Å². The fourth-order valence-electron chi connectivity index (χ4n) is 7.41. The number of H-pyrrole nitrogens is 1. The Bertz CT molecular complexity index is 1040. The number of nitrogens with zero attached hydrogens (tertiary/aromatic N) is 3. The standard InChI is InChI=1S/C25H33N5O2/c31-23-20-3-1-2-4-21(20)27-22(28-23)15-29-5-7-30(8-6-29)24(32)26-16-25-12-17-9-18(13-25)11-19(10-17)14-25/h1-4,17-19H,5-16H2,(H,26,32)(H,27,28,31). The average molecular weight is 436 g/mol. The summed E-state index contributed by atoms with van der Waals surface area (Å²) >= 11 is 0. The van der Waals surface area contributed by atoms with Crippen LogP contribution in [0.4, 0.5) is 4.79 Å². The van der Waals surface area contributed by atoms with Crippen LogP contribution in [0, 0.1) is 23.2 Å². The van der Waals surface area contributed by atoms with Gasteiger partial charge < -0.3 is 15.2 Å². The summed E-state index contributed by atoms with van der Waals surface area (Å²) in [6, 6.07) is 7.52. The normalized spacial score (nSPS) is 31.9. The lowest BCUT2D eigenvalue weighted by molar-refractivity contribution is -0.0503. The third-order valence-corrected chi connectivity index (χ3v) is 8.47. The molecule has 0 unspecified atom stereocenters. The first-order valence-electron chi connectivity index (χ1n) is 12.3. The van der Waals surface area contributed by atoms with E-state index in [1.54, 1.807) is 6.07 Å². The molecule has 32 heavy (non-hydrogen) atoms. The number of urea groups is 1. The number of benzene rings is 1. The summed E-state index contributed by atoms with van der Waals surface area (Å²) in [5.74, 6) is 3.43. The van der Waals surface area contributed by atoms with Gasteiger partial charge in [0.2, 0.25) is 0 Å². The summed E-state index contributed by atoms with van der Waals surface area (Å²) in [6.07, 6.45) is 8.28. The predicted molar refractivity (Wildman–Crippen MR) is 123 cm³/mol. The van der Waals surface area contributed by atoms with Crippen molar-refractivity contribution in [1.29, 1.82) is 0 Å². The molecule has 170 valence electrons. The fraction of sp³-hybridized carbons (Fsp3) is 0.640. The molecule has 7 rings (SSSR count). The smallest absolute Gasteiger partial charge is 0.317 e. The Labute approximate surface area is 188 Å². The molecule has 4 saturated carbocycles. The van der Waals surface area contributed by atoms with Gasteiger partial charge in [-0.1, -0.05) is 12.1 Å². The van der Waals surface area contributed by atoms with Crippen LogP contribution >= 0.6 is 0 Å². The molecule has 0 radical (unpaired) electrons. The Morgan fingerprint density at radius 1 is 1.03 bits per heavy atom. The van der Waals surface area contributed by atoms with Crippen LogP contribution in [0.25, 0.3) is 10.9 Å². The Morgan fingerprint density at radius 3 is 2.38 bits per heavy atom. The van der Waals surface area contributed by atoms with Gasteiger partial charge in [-0.3, -0.25) is 9.69 Å². The lowest BCUT2D eigenvalue weighted by Crippen LogP contribution is -2.55. The van der Waals surface area contributed by atoms with Crippen molar-refractivity contribution in [3.63, 3.8) is 0 Å². The number of amides is 2. The first kappa shape index (κ1) is 20.2. The molecule has 2 N–H and O–H groups in total. The molecular formula is C25H33N5O2. The highest BCUT2D eigenvalue weighted by Crippen LogP contribution is 2.59. The number of para-hydroxylation sites is 1. The van der Waals surface area contributed by atoms with Crippen LogP contribution < -0.4 is 10.9 Å². The molecule has 7 heteroatoms. The molecule has 4 bridgehead atoms. The van der Waals surface area contributed by atoms with Crippen LogP contribution in [-0.2, 0) is 6.54 Å². The molecule has 2 amide bonds. The quantitative estimate of drug-likeness (QED) is 0.774. The predicted octanol–water partition coefficient (Wildman–Crippen LogP) is 2.97. The first-order chi connectivity index (χ1) is 15.6. The van der Waals surface area contributed by atoms with E-state index in [-0.39, 0.29) is 11.6 Å². The van der Waals surface area contributed by atoms with Gasteiger partial charge in [-0.25, -0.2) is 9.78 Å². The molecule has 1 aromatic heterocycles. The van der Waals surface area contributed by atoms with E-state index in [1.165, 1.54) is 38.5 Å². The van der Waals surface area contributed by atoms with E-state index in [0.29, 0.717) is 36.3 Å². The first-order valence-corrected chi connectivity index (χ1v) is 12.3. The zero-order valence-corrected chi connectivity index (χ0v) is 18.7. The third kappa shape index (κ3) is 3.81. The van der Waals surface area contributed by atoms with Crippen molar-refractivity contribution in [3.8, 4) is 0 Å². The van der Waals surface area contributed by atoms with E-state index < -0.39 is 0 Å². The second kappa shape index (κ2) is 7.87. The minimum Gasteiger partial charge on any atom is -0.337 e. The van der Waals surface area contributed by atoms with Crippen molar-refractivity contribution < 1.29 is 4.79 Å². The van der Waals surface area contributed by atoms with E-state index in [1.807, 2.05) is 23.1 Å². The molecule has 5 aliphatic rings. The number of rotatable bonds is 4. The van der Waals surface area contributed by atoms with Crippen LogP contribution in [0.3, 0.4) is 0 Å². The molecule has 1 aliphatic heterocycles. The van der Waals surface area contributed by atoms with Crippen LogP contribution in [0.5, 0.6) is 0 Å². The number of hydrogen-bond acceptors (Lipinski definition) is 4. The number of carbonyl (C=O) groups is 1.